The molecule has 1 aliphatic carbocycles. The van der Waals surface area contributed by atoms with E-state index in [2.05, 4.69) is 16.4 Å². The summed E-state index contributed by atoms with van der Waals surface area (Å²) in [5.41, 5.74) is 2.76. The third kappa shape index (κ3) is 2.82. The SMILES string of the molecule is Cc1nccc2c1c(Nc1ccccc1)nn2C1CCC(=O)CC1C#N. The van der Waals surface area contributed by atoms with Crippen molar-refractivity contribution in [3.8, 4) is 6.07 Å². The normalized spacial score (nSPS) is 20.1. The van der Waals surface area contributed by atoms with Crippen LogP contribution in [0.2, 0.25) is 0 Å². The maximum Gasteiger partial charge on any atom is 0.162 e. The van der Waals surface area contributed by atoms with E-state index in [0.29, 0.717) is 19.3 Å². The average Bonchev–Trinajstić information content (AvgIpc) is 3.02. The van der Waals surface area contributed by atoms with Gasteiger partial charge in [-0.2, -0.15) is 10.4 Å². The monoisotopic (exact) mass is 345 g/mol. The number of nitrogens with one attached hydrogen (secondary N) is 1. The summed E-state index contributed by atoms with van der Waals surface area (Å²) in [5, 5.41) is 18.6. The number of nitrogens with zero attached hydrogens (tertiary/aromatic N) is 4. The Labute approximate surface area is 151 Å². The number of fused-ring (bicyclic) bond motifs is 1. The molecule has 3 aromatic rings. The molecule has 0 bridgehead atoms. The topological polar surface area (TPSA) is 83.6 Å². The number of hydrogen-bond donors (Lipinski definition) is 1. The molecule has 2 heterocycles. The molecule has 6 heteroatoms. The van der Waals surface area contributed by atoms with Crippen LogP contribution in [-0.2, 0) is 4.79 Å². The van der Waals surface area contributed by atoms with E-state index in [-0.39, 0.29) is 17.7 Å². The highest BCUT2D eigenvalue weighted by Crippen LogP contribution is 2.37. The Balaban J connectivity index is 1.82. The summed E-state index contributed by atoms with van der Waals surface area (Å²) in [4.78, 5) is 16.2. The van der Waals surface area contributed by atoms with E-state index >= 15 is 0 Å². The van der Waals surface area contributed by atoms with Gasteiger partial charge in [0.25, 0.3) is 0 Å². The highest BCUT2D eigenvalue weighted by atomic mass is 16.1. The summed E-state index contributed by atoms with van der Waals surface area (Å²) >= 11 is 0. The Kier molecular flexibility index (Phi) is 4.13. The molecular weight excluding hydrogens is 326 g/mol. The second-order valence-corrected chi connectivity index (χ2v) is 6.66. The lowest BCUT2D eigenvalue weighted by Gasteiger charge is -2.26. The number of Topliss-reactive ketones (excluding diaryl/α,β-unsaturated/α-hetero) is 1. The number of pyridine rings is 1. The number of carbonyl (C=O) groups excluding carboxylic acids is 1. The maximum atomic E-state index is 11.8. The van der Waals surface area contributed by atoms with Crippen LogP contribution in [0.3, 0.4) is 0 Å². The first-order valence-corrected chi connectivity index (χ1v) is 8.74. The zero-order valence-electron chi connectivity index (χ0n) is 14.5. The van der Waals surface area contributed by atoms with Gasteiger partial charge in [-0.05, 0) is 31.5 Å². The summed E-state index contributed by atoms with van der Waals surface area (Å²) in [6.07, 6.45) is 3.20. The highest BCUT2D eigenvalue weighted by molar-refractivity contribution is 5.93. The smallest absolute Gasteiger partial charge is 0.162 e. The lowest BCUT2D eigenvalue weighted by Crippen LogP contribution is -2.27. The van der Waals surface area contributed by atoms with Crippen LogP contribution in [0.15, 0.2) is 42.6 Å². The molecule has 0 radical (unpaired) electrons. The fourth-order valence-corrected chi connectivity index (χ4v) is 3.66. The predicted octanol–water partition coefficient (Wildman–Crippen LogP) is 3.92. The molecule has 1 saturated carbocycles. The van der Waals surface area contributed by atoms with Gasteiger partial charge in [-0.25, -0.2) is 0 Å². The molecule has 0 spiro atoms. The minimum atomic E-state index is -0.350. The quantitative estimate of drug-likeness (QED) is 0.778. The Hall–Kier alpha value is -3.20. The fraction of sp³-hybridized carbons (Fsp3) is 0.300. The van der Waals surface area contributed by atoms with Crippen molar-refractivity contribution in [1.29, 1.82) is 5.26 Å². The second-order valence-electron chi connectivity index (χ2n) is 6.66. The van der Waals surface area contributed by atoms with Gasteiger partial charge in [0, 0.05) is 24.7 Å². The van der Waals surface area contributed by atoms with E-state index in [1.54, 1.807) is 6.20 Å². The summed E-state index contributed by atoms with van der Waals surface area (Å²) in [5.74, 6) is 0.535. The van der Waals surface area contributed by atoms with E-state index in [1.165, 1.54) is 0 Å². The van der Waals surface area contributed by atoms with Gasteiger partial charge < -0.3 is 5.32 Å². The number of para-hydroxylation sites is 1. The molecule has 130 valence electrons. The van der Waals surface area contributed by atoms with Crippen LogP contribution in [-0.4, -0.2) is 20.5 Å². The van der Waals surface area contributed by atoms with Crippen molar-refractivity contribution in [3.63, 3.8) is 0 Å². The summed E-state index contributed by atoms with van der Waals surface area (Å²) in [6.45, 7) is 1.96. The van der Waals surface area contributed by atoms with Crippen LogP contribution in [0.25, 0.3) is 10.9 Å². The van der Waals surface area contributed by atoms with Gasteiger partial charge >= 0.3 is 0 Å². The van der Waals surface area contributed by atoms with Crippen LogP contribution in [0.5, 0.6) is 0 Å². The van der Waals surface area contributed by atoms with Gasteiger partial charge in [0.15, 0.2) is 5.82 Å². The molecule has 2 atom stereocenters. The molecule has 2 aromatic heterocycles. The zero-order chi connectivity index (χ0) is 18.1. The van der Waals surface area contributed by atoms with Crippen molar-refractivity contribution in [2.45, 2.75) is 32.2 Å². The minimum absolute atomic E-state index is 0.103. The largest absolute Gasteiger partial charge is 0.338 e. The maximum absolute atomic E-state index is 11.8. The number of nitriles is 1. The van der Waals surface area contributed by atoms with Crippen molar-refractivity contribution in [2.24, 2.45) is 5.92 Å². The molecule has 2 unspecified atom stereocenters. The molecule has 1 N–H and O–H groups in total. The zero-order valence-corrected chi connectivity index (χ0v) is 14.5. The molecule has 1 aliphatic rings. The van der Waals surface area contributed by atoms with Gasteiger partial charge in [-0.3, -0.25) is 14.5 Å². The molecule has 0 aliphatic heterocycles. The van der Waals surface area contributed by atoms with Crippen molar-refractivity contribution in [3.05, 3.63) is 48.3 Å². The number of hydrogen-bond acceptors (Lipinski definition) is 5. The summed E-state index contributed by atoms with van der Waals surface area (Å²) < 4.78 is 1.91. The van der Waals surface area contributed by atoms with Crippen molar-refractivity contribution >= 4 is 28.2 Å². The summed E-state index contributed by atoms with van der Waals surface area (Å²) in [7, 11) is 0. The number of carbonyl (C=O) groups is 1. The van der Waals surface area contributed by atoms with E-state index in [1.807, 2.05) is 48.0 Å². The first kappa shape index (κ1) is 16.3. The number of ketones is 1. The fourth-order valence-electron chi connectivity index (χ4n) is 3.66. The first-order chi connectivity index (χ1) is 12.7. The standard InChI is InChI=1S/C20H19N5O/c1-13-19-18(9-10-22-13)25(17-8-7-16(26)11-14(17)12-21)24-20(19)23-15-5-3-2-4-6-15/h2-6,9-10,14,17H,7-8,11H2,1H3,(H,23,24). The summed E-state index contributed by atoms with van der Waals surface area (Å²) in [6, 6.07) is 14.0. The van der Waals surface area contributed by atoms with Crippen LogP contribution >= 0.6 is 0 Å². The molecule has 0 saturated heterocycles. The van der Waals surface area contributed by atoms with Gasteiger partial charge in [0.05, 0.1) is 34.6 Å². The highest BCUT2D eigenvalue weighted by Gasteiger charge is 2.33. The molecule has 1 fully saturated rings. The van der Waals surface area contributed by atoms with Gasteiger partial charge in [-0.1, -0.05) is 18.2 Å². The number of aryl methyl sites for hydroxylation is 1. The molecule has 0 amide bonds. The van der Waals surface area contributed by atoms with Gasteiger partial charge in [0.2, 0.25) is 0 Å². The lowest BCUT2D eigenvalue weighted by atomic mass is 9.84. The number of anilines is 2. The Morgan fingerprint density at radius 3 is 2.85 bits per heavy atom. The van der Waals surface area contributed by atoms with Crippen LogP contribution < -0.4 is 5.32 Å². The average molecular weight is 345 g/mol. The van der Waals surface area contributed by atoms with E-state index in [4.69, 9.17) is 5.10 Å². The Bertz CT molecular complexity index is 1000. The Morgan fingerprint density at radius 1 is 1.27 bits per heavy atom. The first-order valence-electron chi connectivity index (χ1n) is 8.74. The molecule has 1 aromatic carbocycles. The van der Waals surface area contributed by atoms with E-state index in [9.17, 15) is 10.1 Å². The minimum Gasteiger partial charge on any atom is -0.338 e. The van der Waals surface area contributed by atoms with E-state index < -0.39 is 0 Å². The lowest BCUT2D eigenvalue weighted by molar-refractivity contribution is -0.121. The number of benzene rings is 1. The van der Waals surface area contributed by atoms with Crippen molar-refractivity contribution < 1.29 is 4.79 Å². The molecule has 26 heavy (non-hydrogen) atoms. The molecule has 6 nitrogen and oxygen atoms in total. The third-order valence-electron chi connectivity index (χ3n) is 4.96. The second kappa shape index (κ2) is 6.60. The third-order valence-corrected chi connectivity index (χ3v) is 4.96. The molecule has 4 rings (SSSR count). The van der Waals surface area contributed by atoms with Crippen LogP contribution in [0, 0.1) is 24.2 Å². The number of rotatable bonds is 3. The number of aromatic nitrogens is 3. The van der Waals surface area contributed by atoms with Crippen LogP contribution in [0.1, 0.15) is 31.0 Å². The van der Waals surface area contributed by atoms with Crippen molar-refractivity contribution in [2.75, 3.05) is 5.32 Å². The predicted molar refractivity (Wildman–Crippen MR) is 99.0 cm³/mol. The van der Waals surface area contributed by atoms with Crippen molar-refractivity contribution in [1.82, 2.24) is 14.8 Å². The van der Waals surface area contributed by atoms with Crippen LogP contribution in [0.4, 0.5) is 11.5 Å². The van der Waals surface area contributed by atoms with Gasteiger partial charge in [-0.15, -0.1) is 0 Å². The van der Waals surface area contributed by atoms with E-state index in [0.717, 1.165) is 28.1 Å². The molecular formula is C20H19N5O. The Morgan fingerprint density at radius 2 is 2.08 bits per heavy atom. The van der Waals surface area contributed by atoms with Gasteiger partial charge in [0.1, 0.15) is 5.78 Å².